The Hall–Kier alpha value is -1.58. The summed E-state index contributed by atoms with van der Waals surface area (Å²) in [5, 5.41) is 0. The molecule has 0 saturated carbocycles. The number of nitrogens with zero attached hydrogens (tertiary/aromatic N) is 3. The molecule has 0 aromatic heterocycles. The van der Waals surface area contributed by atoms with Gasteiger partial charge in [-0.25, -0.2) is 8.42 Å². The lowest BCUT2D eigenvalue weighted by Gasteiger charge is -2.37. The molecule has 1 aromatic carbocycles. The summed E-state index contributed by atoms with van der Waals surface area (Å²) in [6.07, 6.45) is 1.28. The maximum absolute atomic E-state index is 13.0. The summed E-state index contributed by atoms with van der Waals surface area (Å²) in [6, 6.07) is 7.93. The molecule has 146 valence electrons. The van der Waals surface area contributed by atoms with E-state index in [4.69, 9.17) is 0 Å². The van der Waals surface area contributed by atoms with Crippen LogP contribution in [0.25, 0.3) is 0 Å². The van der Waals surface area contributed by atoms with Crippen molar-refractivity contribution in [2.75, 3.05) is 31.9 Å². The zero-order chi connectivity index (χ0) is 19.2. The maximum Gasteiger partial charge on any atom is 0.246 e. The number of hydrogen-bond acceptors (Lipinski definition) is 5. The molecule has 2 amide bonds. The van der Waals surface area contributed by atoms with Crippen LogP contribution in [0.15, 0.2) is 35.2 Å². The molecule has 7 nitrogen and oxygen atoms in total. The smallest absolute Gasteiger partial charge is 0.246 e. The monoisotopic (exact) mass is 409 g/mol. The van der Waals surface area contributed by atoms with E-state index in [1.165, 1.54) is 4.31 Å². The number of rotatable bonds is 3. The second-order valence-corrected chi connectivity index (χ2v) is 10.7. The molecule has 0 aliphatic carbocycles. The van der Waals surface area contributed by atoms with E-state index in [0.29, 0.717) is 25.3 Å². The molecule has 9 heteroatoms. The molecule has 4 rings (SSSR count). The lowest BCUT2D eigenvalue weighted by Crippen LogP contribution is -2.56. The van der Waals surface area contributed by atoms with Crippen LogP contribution in [0.3, 0.4) is 0 Å². The fraction of sp³-hybridized carbons (Fsp3) is 0.556. The Bertz CT molecular complexity index is 853. The van der Waals surface area contributed by atoms with Crippen molar-refractivity contribution in [2.24, 2.45) is 0 Å². The number of piperazine rings is 1. The molecule has 1 aromatic rings. The van der Waals surface area contributed by atoms with Crippen LogP contribution in [-0.2, 0) is 19.6 Å². The van der Waals surface area contributed by atoms with E-state index >= 15 is 0 Å². The van der Waals surface area contributed by atoms with Gasteiger partial charge in [-0.15, -0.1) is 11.8 Å². The molecule has 3 saturated heterocycles. The fourth-order valence-electron chi connectivity index (χ4n) is 4.10. The molecule has 27 heavy (non-hydrogen) atoms. The van der Waals surface area contributed by atoms with Crippen LogP contribution >= 0.6 is 11.8 Å². The van der Waals surface area contributed by atoms with Crippen molar-refractivity contribution >= 4 is 33.6 Å². The number of sulfonamides is 1. The molecule has 0 N–H and O–H groups in total. The SMILES string of the molecule is C[C@@]12CCC(=O)N1[C@@H](C(=O)N1CCN(S(=O)(=O)c3ccccc3)CC1)CS2. The van der Waals surface area contributed by atoms with Gasteiger partial charge >= 0.3 is 0 Å². The average Bonchev–Trinajstić information content (AvgIpc) is 3.18. The number of carbonyl (C=O) groups excluding carboxylic acids is 2. The quantitative estimate of drug-likeness (QED) is 0.744. The predicted octanol–water partition coefficient (Wildman–Crippen LogP) is 0.974. The van der Waals surface area contributed by atoms with Crippen molar-refractivity contribution in [2.45, 2.75) is 35.6 Å². The molecule has 2 atom stereocenters. The minimum atomic E-state index is -3.54. The van der Waals surface area contributed by atoms with Crippen LogP contribution in [0.5, 0.6) is 0 Å². The van der Waals surface area contributed by atoms with E-state index in [2.05, 4.69) is 0 Å². The van der Waals surface area contributed by atoms with Crippen molar-refractivity contribution in [1.82, 2.24) is 14.1 Å². The van der Waals surface area contributed by atoms with Crippen LogP contribution < -0.4 is 0 Å². The van der Waals surface area contributed by atoms with Crippen molar-refractivity contribution in [3.8, 4) is 0 Å². The first kappa shape index (κ1) is 18.8. The number of benzene rings is 1. The zero-order valence-electron chi connectivity index (χ0n) is 15.2. The molecule has 3 aliphatic heterocycles. The van der Waals surface area contributed by atoms with Gasteiger partial charge in [-0.3, -0.25) is 9.59 Å². The fourth-order valence-corrected chi connectivity index (χ4v) is 6.97. The van der Waals surface area contributed by atoms with E-state index in [1.54, 1.807) is 51.9 Å². The highest BCUT2D eigenvalue weighted by atomic mass is 32.2. The third kappa shape index (κ3) is 3.15. The van der Waals surface area contributed by atoms with Crippen molar-refractivity contribution in [3.05, 3.63) is 30.3 Å². The number of hydrogen-bond donors (Lipinski definition) is 0. The van der Waals surface area contributed by atoms with E-state index in [0.717, 1.165) is 6.42 Å². The highest BCUT2D eigenvalue weighted by molar-refractivity contribution is 8.01. The van der Waals surface area contributed by atoms with E-state index < -0.39 is 16.1 Å². The van der Waals surface area contributed by atoms with Crippen LogP contribution in [0, 0.1) is 0 Å². The Morgan fingerprint density at radius 1 is 1.15 bits per heavy atom. The number of fused-ring (bicyclic) bond motifs is 1. The average molecular weight is 410 g/mol. The van der Waals surface area contributed by atoms with E-state index in [9.17, 15) is 18.0 Å². The van der Waals surface area contributed by atoms with Crippen molar-refractivity contribution in [1.29, 1.82) is 0 Å². The summed E-state index contributed by atoms with van der Waals surface area (Å²) < 4.78 is 26.9. The first-order valence-corrected chi connectivity index (χ1v) is 11.6. The third-order valence-electron chi connectivity index (χ3n) is 5.66. The van der Waals surface area contributed by atoms with Gasteiger partial charge in [0, 0.05) is 38.4 Å². The topological polar surface area (TPSA) is 78.0 Å². The molecule has 3 aliphatic rings. The number of carbonyl (C=O) groups is 2. The molecule has 0 radical (unpaired) electrons. The molecule has 3 fully saturated rings. The zero-order valence-corrected chi connectivity index (χ0v) is 16.8. The molecule has 0 unspecified atom stereocenters. The van der Waals surface area contributed by atoms with Gasteiger partial charge in [0.1, 0.15) is 6.04 Å². The van der Waals surface area contributed by atoms with Crippen LogP contribution in [0.2, 0.25) is 0 Å². The van der Waals surface area contributed by atoms with Crippen molar-refractivity contribution < 1.29 is 18.0 Å². The Morgan fingerprint density at radius 2 is 1.81 bits per heavy atom. The summed E-state index contributed by atoms with van der Waals surface area (Å²) in [7, 11) is -3.54. The van der Waals surface area contributed by atoms with E-state index in [-0.39, 0.29) is 34.7 Å². The lowest BCUT2D eigenvalue weighted by molar-refractivity contribution is -0.144. The lowest BCUT2D eigenvalue weighted by atomic mass is 10.2. The van der Waals surface area contributed by atoms with Crippen LogP contribution in [0.4, 0.5) is 0 Å². The molecule has 3 heterocycles. The third-order valence-corrected chi connectivity index (χ3v) is 9.08. The normalized spacial score (nSPS) is 29.2. The van der Waals surface area contributed by atoms with Crippen LogP contribution in [0.1, 0.15) is 19.8 Å². The summed E-state index contributed by atoms with van der Waals surface area (Å²) in [5.74, 6) is 0.605. The second kappa shape index (κ2) is 6.79. The van der Waals surface area contributed by atoms with Gasteiger partial charge in [-0.05, 0) is 25.5 Å². The highest BCUT2D eigenvalue weighted by Crippen LogP contribution is 2.47. The minimum Gasteiger partial charge on any atom is -0.338 e. The molecule has 0 spiro atoms. The van der Waals surface area contributed by atoms with E-state index in [1.807, 2.05) is 6.92 Å². The van der Waals surface area contributed by atoms with Gasteiger partial charge in [-0.2, -0.15) is 4.31 Å². The van der Waals surface area contributed by atoms with Gasteiger partial charge in [0.15, 0.2) is 0 Å². The highest BCUT2D eigenvalue weighted by Gasteiger charge is 2.53. The Morgan fingerprint density at radius 3 is 2.48 bits per heavy atom. The van der Waals surface area contributed by atoms with Gasteiger partial charge in [0.05, 0.1) is 9.77 Å². The Kier molecular flexibility index (Phi) is 4.72. The first-order chi connectivity index (χ1) is 12.8. The van der Waals surface area contributed by atoms with Gasteiger partial charge in [-0.1, -0.05) is 18.2 Å². The standard InChI is InChI=1S/C18H23N3O4S2/c1-18-8-7-16(22)21(18)15(13-26-18)17(23)19-9-11-20(12-10-19)27(24,25)14-5-3-2-4-6-14/h2-6,15H,7-13H2,1H3/t15-,18-/m1/s1. The predicted molar refractivity (Wildman–Crippen MR) is 103 cm³/mol. The van der Waals surface area contributed by atoms with Crippen LogP contribution in [-0.4, -0.2) is 77.2 Å². The summed E-state index contributed by atoms with van der Waals surface area (Å²) in [6.45, 7) is 3.28. The van der Waals surface area contributed by atoms with Crippen molar-refractivity contribution in [3.63, 3.8) is 0 Å². The summed E-state index contributed by atoms with van der Waals surface area (Å²) in [5.41, 5.74) is 0. The second-order valence-electron chi connectivity index (χ2n) is 7.31. The number of amides is 2. The number of thioether (sulfide) groups is 1. The molecular weight excluding hydrogens is 386 g/mol. The maximum atomic E-state index is 13.0. The van der Waals surface area contributed by atoms with Gasteiger partial charge in [0.25, 0.3) is 0 Å². The molecular formula is C18H23N3O4S2. The minimum absolute atomic E-state index is 0.0474. The first-order valence-electron chi connectivity index (χ1n) is 9.13. The Labute approximate surface area is 163 Å². The summed E-state index contributed by atoms with van der Waals surface area (Å²) in [4.78, 5) is 28.7. The van der Waals surface area contributed by atoms with Gasteiger partial charge < -0.3 is 9.80 Å². The Balaban J connectivity index is 1.43. The largest absolute Gasteiger partial charge is 0.338 e. The molecule has 0 bridgehead atoms. The van der Waals surface area contributed by atoms with Gasteiger partial charge in [0.2, 0.25) is 21.8 Å². The summed E-state index contributed by atoms with van der Waals surface area (Å²) >= 11 is 1.67.